The molecule has 1 aromatic carbocycles. The van der Waals surface area contributed by atoms with Gasteiger partial charge in [-0.2, -0.15) is 0 Å². The van der Waals surface area contributed by atoms with Gasteiger partial charge in [0.25, 0.3) is 0 Å². The van der Waals surface area contributed by atoms with E-state index in [-0.39, 0.29) is 4.75 Å². The number of para-hydroxylation sites is 1. The Morgan fingerprint density at radius 2 is 2.00 bits per heavy atom. The molecule has 0 radical (unpaired) electrons. The average molecular weight is 343 g/mol. The van der Waals surface area contributed by atoms with Crippen molar-refractivity contribution in [3.8, 4) is 0 Å². The second kappa shape index (κ2) is 7.95. The van der Waals surface area contributed by atoms with Crippen LogP contribution < -0.4 is 0 Å². The number of pyridine rings is 1. The lowest BCUT2D eigenvalue weighted by Gasteiger charge is -2.18. The maximum atomic E-state index is 12.3. The van der Waals surface area contributed by atoms with Gasteiger partial charge in [0.1, 0.15) is 16.1 Å². The van der Waals surface area contributed by atoms with Gasteiger partial charge in [0.05, 0.1) is 17.4 Å². The summed E-state index contributed by atoms with van der Waals surface area (Å²) < 4.78 is 16.2. The van der Waals surface area contributed by atoms with Crippen LogP contribution in [0.15, 0.2) is 40.8 Å². The van der Waals surface area contributed by atoms with Crippen molar-refractivity contribution in [2.24, 2.45) is 4.40 Å². The minimum atomic E-state index is -1.28. The summed E-state index contributed by atoms with van der Waals surface area (Å²) in [5, 5.41) is 1.07. The maximum absolute atomic E-state index is 12.3. The molecule has 1 atom stereocenters. The summed E-state index contributed by atoms with van der Waals surface area (Å²) in [4.78, 5) is 4.85. The van der Waals surface area contributed by atoms with Crippen LogP contribution in [0, 0.1) is 0 Å². The first kappa shape index (κ1) is 18.7. The van der Waals surface area contributed by atoms with Crippen LogP contribution >= 0.6 is 0 Å². The van der Waals surface area contributed by atoms with E-state index in [4.69, 9.17) is 4.98 Å². The van der Waals surface area contributed by atoms with Crippen molar-refractivity contribution in [2.45, 2.75) is 52.2 Å². The number of aromatic nitrogens is 1. The summed E-state index contributed by atoms with van der Waals surface area (Å²) in [6, 6.07) is 10.1. The van der Waals surface area contributed by atoms with Crippen molar-refractivity contribution >= 4 is 34.1 Å². The normalized spacial score (nSPS) is 14.5. The minimum absolute atomic E-state index is 0.367. The largest absolute Gasteiger partial charge is 0.591 e. The van der Waals surface area contributed by atoms with Crippen LogP contribution in [0.25, 0.3) is 16.5 Å². The van der Waals surface area contributed by atoms with Gasteiger partial charge in [-0.05, 0) is 51.8 Å². The fourth-order valence-corrected chi connectivity index (χ4v) is 2.94. The van der Waals surface area contributed by atoms with E-state index in [1.165, 1.54) is 5.57 Å². The number of hydrogen-bond acceptors (Lipinski definition) is 3. The van der Waals surface area contributed by atoms with Gasteiger partial charge in [-0.1, -0.05) is 42.0 Å². The molecule has 0 aliphatic rings. The quantitative estimate of drug-likeness (QED) is 0.545. The molecule has 0 amide bonds. The maximum Gasteiger partial charge on any atom is 0.144 e. The van der Waals surface area contributed by atoms with E-state index in [0.717, 1.165) is 35.0 Å². The Morgan fingerprint density at radius 1 is 1.29 bits per heavy atom. The van der Waals surface area contributed by atoms with Crippen molar-refractivity contribution in [1.82, 2.24) is 4.98 Å². The van der Waals surface area contributed by atoms with Gasteiger partial charge in [0.15, 0.2) is 0 Å². The smallest absolute Gasteiger partial charge is 0.144 e. The molecule has 24 heavy (non-hydrogen) atoms. The van der Waals surface area contributed by atoms with Gasteiger partial charge in [-0.3, -0.25) is 0 Å². The average Bonchev–Trinajstić information content (AvgIpc) is 2.55. The number of fused-ring (bicyclic) bond motifs is 1. The predicted octanol–water partition coefficient (Wildman–Crippen LogP) is 5.32. The van der Waals surface area contributed by atoms with Crippen LogP contribution in [0.2, 0.25) is 0 Å². The van der Waals surface area contributed by atoms with Crippen LogP contribution in [0.5, 0.6) is 0 Å². The Balaban J connectivity index is 2.55. The molecule has 0 aliphatic heterocycles. The third kappa shape index (κ3) is 4.46. The zero-order chi connectivity index (χ0) is 17.7. The summed E-state index contributed by atoms with van der Waals surface area (Å²) >= 11 is -1.28. The molecule has 0 saturated carbocycles. The fourth-order valence-electron chi connectivity index (χ4n) is 2.42. The van der Waals surface area contributed by atoms with E-state index in [9.17, 15) is 4.55 Å². The topological polar surface area (TPSA) is 48.3 Å². The molecule has 2 rings (SSSR count). The van der Waals surface area contributed by atoms with E-state index in [1.54, 1.807) is 6.21 Å². The summed E-state index contributed by atoms with van der Waals surface area (Å²) in [5.41, 5.74) is 4.03. The molecule has 0 saturated heterocycles. The molecule has 2 aromatic rings. The lowest BCUT2D eigenvalue weighted by atomic mass is 10.0. The third-order valence-corrected chi connectivity index (χ3v) is 5.08. The highest BCUT2D eigenvalue weighted by Crippen LogP contribution is 2.25. The number of nitrogens with zero attached hydrogens (tertiary/aromatic N) is 2. The molecule has 0 bridgehead atoms. The lowest BCUT2D eigenvalue weighted by molar-refractivity contribution is 0.562. The first-order valence-corrected chi connectivity index (χ1v) is 9.49. The van der Waals surface area contributed by atoms with Gasteiger partial charge in [-0.15, -0.1) is 0 Å². The van der Waals surface area contributed by atoms with Gasteiger partial charge in [-0.25, -0.2) is 4.98 Å². The summed E-state index contributed by atoms with van der Waals surface area (Å²) in [6.45, 7) is 9.97. The minimum Gasteiger partial charge on any atom is -0.591 e. The zero-order valence-electron chi connectivity index (χ0n) is 15.2. The second-order valence-electron chi connectivity index (χ2n) is 6.78. The monoisotopic (exact) mass is 342 g/mol. The molecule has 1 aromatic heterocycles. The molecule has 3 nitrogen and oxygen atoms in total. The SMILES string of the molecule is C/C=C(\CCC)c1nc2ccccc2cc1C=N[S+]([O-])C(C)(C)C. The first-order chi connectivity index (χ1) is 11.4. The Labute approximate surface area is 148 Å². The number of hydrogen-bond donors (Lipinski definition) is 0. The third-order valence-electron chi connectivity index (χ3n) is 3.74. The highest BCUT2D eigenvalue weighted by molar-refractivity contribution is 7.91. The molecule has 4 heteroatoms. The molecule has 0 spiro atoms. The van der Waals surface area contributed by atoms with Crippen molar-refractivity contribution in [1.29, 1.82) is 0 Å². The van der Waals surface area contributed by atoms with E-state index in [2.05, 4.69) is 23.5 Å². The highest BCUT2D eigenvalue weighted by Gasteiger charge is 2.26. The predicted molar refractivity (Wildman–Crippen MR) is 106 cm³/mol. The Hall–Kier alpha value is -1.65. The van der Waals surface area contributed by atoms with Crippen molar-refractivity contribution in [2.75, 3.05) is 0 Å². The number of allylic oxidation sites excluding steroid dienone is 2. The Bertz CT molecular complexity index is 760. The molecule has 1 heterocycles. The Morgan fingerprint density at radius 3 is 2.62 bits per heavy atom. The highest BCUT2D eigenvalue weighted by atomic mass is 32.2. The van der Waals surface area contributed by atoms with Crippen molar-refractivity contribution < 1.29 is 4.55 Å². The summed E-state index contributed by atoms with van der Waals surface area (Å²) in [7, 11) is 0. The van der Waals surface area contributed by atoms with E-state index in [1.807, 2.05) is 52.0 Å². The lowest BCUT2D eigenvalue weighted by Crippen LogP contribution is -2.25. The van der Waals surface area contributed by atoms with Gasteiger partial charge in [0.2, 0.25) is 0 Å². The van der Waals surface area contributed by atoms with E-state index in [0.29, 0.717) is 0 Å². The standard InChI is InChI=1S/C20H26N2OS/c1-6-10-15(7-2)19-17(14-21-24(23)20(3,4)5)13-16-11-8-9-12-18(16)22-19/h7-9,11-14H,6,10H2,1-5H3/b15-7+,21-14?. The number of rotatable bonds is 5. The second-order valence-corrected chi connectivity index (χ2v) is 8.71. The van der Waals surface area contributed by atoms with Gasteiger partial charge >= 0.3 is 0 Å². The van der Waals surface area contributed by atoms with Crippen molar-refractivity contribution in [3.05, 3.63) is 47.7 Å². The molecule has 0 N–H and O–H groups in total. The van der Waals surface area contributed by atoms with E-state index < -0.39 is 11.4 Å². The van der Waals surface area contributed by atoms with Crippen LogP contribution in [-0.4, -0.2) is 20.5 Å². The molecule has 128 valence electrons. The Kier molecular flexibility index (Phi) is 6.19. The molecular weight excluding hydrogens is 316 g/mol. The molecule has 0 fully saturated rings. The van der Waals surface area contributed by atoms with Gasteiger partial charge < -0.3 is 4.55 Å². The van der Waals surface area contributed by atoms with Crippen LogP contribution in [0.1, 0.15) is 58.7 Å². The number of benzene rings is 1. The first-order valence-electron chi connectivity index (χ1n) is 8.38. The van der Waals surface area contributed by atoms with Crippen LogP contribution in [0.4, 0.5) is 0 Å². The summed E-state index contributed by atoms with van der Waals surface area (Å²) in [5.74, 6) is 0. The van der Waals surface area contributed by atoms with Crippen LogP contribution in [0.3, 0.4) is 0 Å². The molecule has 0 aliphatic carbocycles. The zero-order valence-corrected chi connectivity index (χ0v) is 16.0. The van der Waals surface area contributed by atoms with Crippen LogP contribution in [-0.2, 0) is 11.4 Å². The van der Waals surface area contributed by atoms with Crippen molar-refractivity contribution in [3.63, 3.8) is 0 Å². The molecular formula is C20H26N2OS. The summed E-state index contributed by atoms with van der Waals surface area (Å²) in [6.07, 6.45) is 5.84. The fraction of sp³-hybridized carbons (Fsp3) is 0.400. The van der Waals surface area contributed by atoms with E-state index >= 15 is 0 Å². The van der Waals surface area contributed by atoms with Gasteiger partial charge in [0, 0.05) is 10.9 Å². The molecule has 1 unspecified atom stereocenters.